The molecule has 3 heterocycles. The number of fused-ring (bicyclic) bond motifs is 3. The Bertz CT molecular complexity index is 1020. The van der Waals surface area contributed by atoms with E-state index in [4.69, 9.17) is 9.47 Å². The normalized spacial score (nSPS) is 21.8. The minimum Gasteiger partial charge on any atom is -0.477 e. The minimum absolute atomic E-state index is 0.387. The second-order valence-electron chi connectivity index (χ2n) is 8.23. The van der Waals surface area contributed by atoms with Crippen LogP contribution in [0.15, 0.2) is 48.8 Å². The van der Waals surface area contributed by atoms with Gasteiger partial charge in [0.2, 0.25) is 0 Å². The number of rotatable bonds is 2. The first-order valence-corrected chi connectivity index (χ1v) is 9.34. The van der Waals surface area contributed by atoms with E-state index in [1.165, 1.54) is 0 Å². The molecule has 0 spiro atoms. The summed E-state index contributed by atoms with van der Waals surface area (Å²) in [5, 5.41) is 11.1. The highest BCUT2D eigenvalue weighted by Crippen LogP contribution is 2.44. The molecule has 0 fully saturated rings. The maximum Gasteiger partial charge on any atom is 0.311 e. The Morgan fingerprint density at radius 3 is 2.61 bits per heavy atom. The van der Waals surface area contributed by atoms with Crippen LogP contribution in [0.2, 0.25) is 0 Å². The van der Waals surface area contributed by atoms with Gasteiger partial charge in [-0.2, -0.15) is 0 Å². The molecule has 0 amide bonds. The molecule has 1 aromatic carbocycles. The predicted molar refractivity (Wildman–Crippen MR) is 104 cm³/mol. The van der Waals surface area contributed by atoms with Crippen LogP contribution in [-0.2, 0) is 9.53 Å². The lowest BCUT2D eigenvalue weighted by molar-refractivity contribution is -0.176. The van der Waals surface area contributed by atoms with Crippen molar-refractivity contribution in [3.63, 3.8) is 0 Å². The van der Waals surface area contributed by atoms with Gasteiger partial charge in [-0.05, 0) is 39.3 Å². The van der Waals surface area contributed by atoms with Gasteiger partial charge in [0, 0.05) is 18.0 Å². The molecule has 0 saturated carbocycles. The number of carbonyl (C=O) groups excluding carboxylic acids is 1. The van der Waals surface area contributed by atoms with Crippen LogP contribution in [0.1, 0.15) is 49.8 Å². The SMILES string of the molecule is Cc1cn2ccc3c(c2n1)O[C@H](c1ccccc1)[C@H](OC(=O)C(C)(C)C)[C@@H]3O. The molecule has 6 heteroatoms. The maximum absolute atomic E-state index is 12.6. The van der Waals surface area contributed by atoms with Crippen molar-refractivity contribution in [2.45, 2.75) is 46.0 Å². The van der Waals surface area contributed by atoms with E-state index in [0.717, 1.165) is 11.3 Å². The van der Waals surface area contributed by atoms with Crippen molar-refractivity contribution < 1.29 is 19.4 Å². The maximum atomic E-state index is 12.6. The Hall–Kier alpha value is -2.86. The third kappa shape index (κ3) is 3.14. The molecular formula is C22H24N2O4. The summed E-state index contributed by atoms with van der Waals surface area (Å²) in [6, 6.07) is 11.3. The molecular weight excluding hydrogens is 356 g/mol. The molecule has 2 aromatic heterocycles. The number of aryl methyl sites for hydroxylation is 1. The van der Waals surface area contributed by atoms with Gasteiger partial charge in [0.15, 0.2) is 23.6 Å². The van der Waals surface area contributed by atoms with Crippen LogP contribution in [0.3, 0.4) is 0 Å². The Labute approximate surface area is 163 Å². The van der Waals surface area contributed by atoms with Crippen LogP contribution in [0.5, 0.6) is 5.75 Å². The largest absolute Gasteiger partial charge is 0.477 e. The molecule has 0 saturated heterocycles. The van der Waals surface area contributed by atoms with Gasteiger partial charge in [-0.3, -0.25) is 4.79 Å². The van der Waals surface area contributed by atoms with Crippen LogP contribution >= 0.6 is 0 Å². The van der Waals surface area contributed by atoms with Crippen molar-refractivity contribution >= 4 is 11.6 Å². The molecule has 0 aliphatic carbocycles. The molecule has 0 unspecified atom stereocenters. The molecule has 0 radical (unpaired) electrons. The summed E-state index contributed by atoms with van der Waals surface area (Å²) in [6.45, 7) is 7.26. The fraction of sp³-hybridized carbons (Fsp3) is 0.364. The highest BCUT2D eigenvalue weighted by molar-refractivity contribution is 5.75. The van der Waals surface area contributed by atoms with Gasteiger partial charge in [0.05, 0.1) is 11.1 Å². The van der Waals surface area contributed by atoms with E-state index >= 15 is 0 Å². The average Bonchev–Trinajstić information content (AvgIpc) is 3.04. The van der Waals surface area contributed by atoms with E-state index in [1.807, 2.05) is 54.0 Å². The fourth-order valence-corrected chi connectivity index (χ4v) is 3.38. The smallest absolute Gasteiger partial charge is 0.311 e. The number of benzene rings is 1. The Balaban J connectivity index is 1.82. The van der Waals surface area contributed by atoms with Crippen molar-refractivity contribution in [3.05, 3.63) is 65.6 Å². The molecule has 0 bridgehead atoms. The standard InChI is InChI=1S/C22H24N2O4/c1-13-12-24-11-10-15-16(25)19(28-21(26)22(2,3)4)17(14-8-6-5-7-9-14)27-18(15)20(24)23-13/h5-12,16-17,19,25H,1-4H3/t16-,17-,19-/m1/s1. The number of aliphatic hydroxyl groups is 1. The van der Waals surface area contributed by atoms with Crippen LogP contribution < -0.4 is 4.74 Å². The molecule has 6 nitrogen and oxygen atoms in total. The number of hydrogen-bond donors (Lipinski definition) is 1. The summed E-state index contributed by atoms with van der Waals surface area (Å²) in [6.07, 6.45) is 1.20. The Kier molecular flexibility index (Phi) is 4.38. The second-order valence-corrected chi connectivity index (χ2v) is 8.23. The van der Waals surface area contributed by atoms with Gasteiger partial charge in [-0.15, -0.1) is 0 Å². The van der Waals surface area contributed by atoms with Crippen LogP contribution in [0.4, 0.5) is 0 Å². The Morgan fingerprint density at radius 1 is 1.21 bits per heavy atom. The van der Waals surface area contributed by atoms with Gasteiger partial charge in [-0.25, -0.2) is 4.98 Å². The number of ether oxygens (including phenoxy) is 2. The average molecular weight is 380 g/mol. The number of aliphatic hydroxyl groups excluding tert-OH is 1. The molecule has 1 aliphatic heterocycles. The van der Waals surface area contributed by atoms with E-state index in [9.17, 15) is 9.90 Å². The lowest BCUT2D eigenvalue weighted by Gasteiger charge is -2.38. The molecule has 1 aliphatic rings. The molecule has 4 rings (SSSR count). The van der Waals surface area contributed by atoms with Crippen molar-refractivity contribution in [1.82, 2.24) is 9.38 Å². The summed E-state index contributed by atoms with van der Waals surface area (Å²) in [5.41, 5.74) is 2.19. The molecule has 1 N–H and O–H groups in total. The number of hydrogen-bond acceptors (Lipinski definition) is 5. The number of carbonyl (C=O) groups is 1. The zero-order valence-corrected chi connectivity index (χ0v) is 16.4. The molecule has 28 heavy (non-hydrogen) atoms. The van der Waals surface area contributed by atoms with Crippen LogP contribution in [0, 0.1) is 12.3 Å². The van der Waals surface area contributed by atoms with Crippen molar-refractivity contribution in [1.29, 1.82) is 0 Å². The topological polar surface area (TPSA) is 73.1 Å². The van der Waals surface area contributed by atoms with Gasteiger partial charge in [-0.1, -0.05) is 30.3 Å². The summed E-state index contributed by atoms with van der Waals surface area (Å²) in [4.78, 5) is 17.1. The third-order valence-corrected chi connectivity index (χ3v) is 4.89. The Morgan fingerprint density at radius 2 is 1.93 bits per heavy atom. The zero-order chi connectivity index (χ0) is 20.1. The highest BCUT2D eigenvalue weighted by atomic mass is 16.6. The fourth-order valence-electron chi connectivity index (χ4n) is 3.38. The monoisotopic (exact) mass is 380 g/mol. The summed E-state index contributed by atoms with van der Waals surface area (Å²) in [5.74, 6) is 0.127. The van der Waals surface area contributed by atoms with Gasteiger partial charge < -0.3 is 19.0 Å². The summed E-state index contributed by atoms with van der Waals surface area (Å²) in [7, 11) is 0. The van der Waals surface area contributed by atoms with Crippen molar-refractivity contribution in [2.24, 2.45) is 5.41 Å². The summed E-state index contributed by atoms with van der Waals surface area (Å²) < 4.78 is 14.0. The first kappa shape index (κ1) is 18.5. The van der Waals surface area contributed by atoms with E-state index in [-0.39, 0.29) is 5.97 Å². The first-order chi connectivity index (χ1) is 13.3. The predicted octanol–water partition coefficient (Wildman–Crippen LogP) is 3.77. The number of aromatic nitrogens is 2. The van der Waals surface area contributed by atoms with E-state index < -0.39 is 23.7 Å². The number of nitrogens with zero attached hydrogens (tertiary/aromatic N) is 2. The molecule has 3 atom stereocenters. The third-order valence-electron chi connectivity index (χ3n) is 4.89. The lowest BCUT2D eigenvalue weighted by Crippen LogP contribution is -2.40. The summed E-state index contributed by atoms with van der Waals surface area (Å²) >= 11 is 0. The second kappa shape index (κ2) is 6.63. The van der Waals surface area contributed by atoms with Gasteiger partial charge >= 0.3 is 5.97 Å². The number of esters is 1. The number of pyridine rings is 1. The van der Waals surface area contributed by atoms with Crippen molar-refractivity contribution in [2.75, 3.05) is 0 Å². The minimum atomic E-state index is -1.03. The quantitative estimate of drug-likeness (QED) is 0.685. The van der Waals surface area contributed by atoms with E-state index in [2.05, 4.69) is 4.98 Å². The van der Waals surface area contributed by atoms with Crippen LogP contribution in [0.25, 0.3) is 5.65 Å². The zero-order valence-electron chi connectivity index (χ0n) is 16.4. The van der Waals surface area contributed by atoms with E-state index in [1.54, 1.807) is 26.8 Å². The first-order valence-electron chi connectivity index (χ1n) is 9.34. The van der Waals surface area contributed by atoms with Gasteiger partial charge in [0.25, 0.3) is 0 Å². The van der Waals surface area contributed by atoms with Gasteiger partial charge in [0.1, 0.15) is 6.10 Å². The lowest BCUT2D eigenvalue weighted by atomic mass is 9.91. The van der Waals surface area contributed by atoms with E-state index in [0.29, 0.717) is 17.0 Å². The highest BCUT2D eigenvalue weighted by Gasteiger charge is 2.43. The molecule has 146 valence electrons. The van der Waals surface area contributed by atoms with Crippen LogP contribution in [-0.4, -0.2) is 26.6 Å². The number of imidazole rings is 1. The van der Waals surface area contributed by atoms with Crippen molar-refractivity contribution in [3.8, 4) is 5.75 Å². The molecule has 3 aromatic rings.